The van der Waals surface area contributed by atoms with Crippen molar-refractivity contribution in [2.45, 2.75) is 25.9 Å². The van der Waals surface area contributed by atoms with Crippen LogP contribution in [0.25, 0.3) is 0 Å². The van der Waals surface area contributed by atoms with Crippen molar-refractivity contribution >= 4 is 5.91 Å². The fourth-order valence-corrected chi connectivity index (χ4v) is 3.17. The van der Waals surface area contributed by atoms with E-state index in [1.807, 2.05) is 17.0 Å². The molecular weight excluding hydrogens is 278 g/mol. The predicted octanol–water partition coefficient (Wildman–Crippen LogP) is 1.71. The molecule has 1 aromatic rings. The van der Waals surface area contributed by atoms with Crippen molar-refractivity contribution in [1.29, 1.82) is 0 Å². The summed E-state index contributed by atoms with van der Waals surface area (Å²) in [6.07, 6.45) is 5.93. The summed E-state index contributed by atoms with van der Waals surface area (Å²) in [4.78, 5) is 20.8. The van der Waals surface area contributed by atoms with Crippen LogP contribution in [0.2, 0.25) is 0 Å². The molecule has 0 bridgehead atoms. The van der Waals surface area contributed by atoms with Crippen LogP contribution >= 0.6 is 0 Å². The molecule has 3 heterocycles. The highest BCUT2D eigenvalue weighted by Crippen LogP contribution is 2.22. The second-order valence-corrected chi connectivity index (χ2v) is 6.44. The van der Waals surface area contributed by atoms with E-state index < -0.39 is 0 Å². The van der Waals surface area contributed by atoms with E-state index in [9.17, 15) is 4.79 Å². The van der Waals surface area contributed by atoms with E-state index in [1.54, 1.807) is 12.4 Å². The third kappa shape index (κ3) is 3.84. The first-order valence-electron chi connectivity index (χ1n) is 8.24. The van der Waals surface area contributed by atoms with Gasteiger partial charge in [-0.1, -0.05) is 6.92 Å². The average molecular weight is 303 g/mol. The first kappa shape index (κ1) is 15.4. The number of carbonyl (C=O) groups excluding carboxylic acids is 1. The molecule has 0 radical (unpaired) electrons. The second-order valence-electron chi connectivity index (χ2n) is 6.44. The van der Waals surface area contributed by atoms with Crippen LogP contribution in [-0.2, 0) is 9.53 Å². The highest BCUT2D eigenvalue weighted by atomic mass is 16.5. The lowest BCUT2D eigenvalue weighted by atomic mass is 9.99. The molecule has 2 fully saturated rings. The Kier molecular flexibility index (Phi) is 5.05. The van der Waals surface area contributed by atoms with Gasteiger partial charge in [0.15, 0.2) is 0 Å². The average Bonchev–Trinajstić information content (AvgIpc) is 2.58. The summed E-state index contributed by atoms with van der Waals surface area (Å²) in [6.45, 7) is 6.89. The van der Waals surface area contributed by atoms with Crippen LogP contribution in [0.1, 0.15) is 31.4 Å². The molecule has 3 rings (SSSR count). The standard InChI is InChI=1S/C17H25N3O2/c1-14-4-8-19(9-5-14)13-17(21)20-10-11-22-16(12-20)15-2-6-18-7-3-15/h2-3,6-7,14,16H,4-5,8-13H2,1H3. The molecule has 2 aliphatic heterocycles. The minimum atomic E-state index is -0.0259. The minimum absolute atomic E-state index is 0.0259. The van der Waals surface area contributed by atoms with Gasteiger partial charge in [0.05, 0.1) is 19.7 Å². The van der Waals surface area contributed by atoms with E-state index in [0.717, 1.165) is 24.6 Å². The Morgan fingerprint density at radius 2 is 2.00 bits per heavy atom. The van der Waals surface area contributed by atoms with Gasteiger partial charge in [0, 0.05) is 18.9 Å². The third-order valence-corrected chi connectivity index (χ3v) is 4.73. The highest BCUT2D eigenvalue weighted by molar-refractivity contribution is 5.78. The molecule has 0 spiro atoms. The van der Waals surface area contributed by atoms with Crippen LogP contribution in [-0.4, -0.2) is 60.0 Å². The maximum atomic E-state index is 12.5. The zero-order valence-corrected chi connectivity index (χ0v) is 13.3. The highest BCUT2D eigenvalue weighted by Gasteiger charge is 2.27. The summed E-state index contributed by atoms with van der Waals surface area (Å²) in [6, 6.07) is 3.93. The Labute approximate surface area is 132 Å². The zero-order valence-electron chi connectivity index (χ0n) is 13.3. The minimum Gasteiger partial charge on any atom is -0.370 e. The van der Waals surface area contributed by atoms with Crippen molar-refractivity contribution < 1.29 is 9.53 Å². The number of likely N-dealkylation sites (tertiary alicyclic amines) is 1. The van der Waals surface area contributed by atoms with Gasteiger partial charge in [-0.2, -0.15) is 0 Å². The largest absolute Gasteiger partial charge is 0.370 e. The molecule has 2 saturated heterocycles. The molecule has 0 aliphatic carbocycles. The van der Waals surface area contributed by atoms with Crippen LogP contribution < -0.4 is 0 Å². The molecule has 5 nitrogen and oxygen atoms in total. The second kappa shape index (κ2) is 7.20. The van der Waals surface area contributed by atoms with Gasteiger partial charge in [0.25, 0.3) is 0 Å². The van der Waals surface area contributed by atoms with Crippen LogP contribution in [0.15, 0.2) is 24.5 Å². The molecular formula is C17H25N3O2. The maximum Gasteiger partial charge on any atom is 0.236 e. The fourth-order valence-electron chi connectivity index (χ4n) is 3.17. The fraction of sp³-hybridized carbons (Fsp3) is 0.647. The molecule has 120 valence electrons. The molecule has 5 heteroatoms. The smallest absolute Gasteiger partial charge is 0.236 e. The molecule has 1 amide bonds. The number of carbonyl (C=O) groups is 1. The summed E-state index contributed by atoms with van der Waals surface area (Å²) < 4.78 is 5.81. The maximum absolute atomic E-state index is 12.5. The quantitative estimate of drug-likeness (QED) is 0.853. The number of hydrogen-bond acceptors (Lipinski definition) is 4. The molecule has 1 unspecified atom stereocenters. The van der Waals surface area contributed by atoms with E-state index >= 15 is 0 Å². The van der Waals surface area contributed by atoms with E-state index in [2.05, 4.69) is 16.8 Å². The van der Waals surface area contributed by atoms with Crippen molar-refractivity contribution in [3.05, 3.63) is 30.1 Å². The Morgan fingerprint density at radius 3 is 2.73 bits per heavy atom. The van der Waals surface area contributed by atoms with Crippen LogP contribution in [0.3, 0.4) is 0 Å². The molecule has 0 N–H and O–H groups in total. The van der Waals surface area contributed by atoms with Crippen LogP contribution in [0.5, 0.6) is 0 Å². The molecule has 0 aromatic carbocycles. The van der Waals surface area contributed by atoms with E-state index in [4.69, 9.17) is 4.74 Å². The van der Waals surface area contributed by atoms with Crippen molar-refractivity contribution in [2.75, 3.05) is 39.3 Å². The normalized spacial score (nSPS) is 24.4. The van der Waals surface area contributed by atoms with Crippen LogP contribution in [0, 0.1) is 5.92 Å². The van der Waals surface area contributed by atoms with Crippen molar-refractivity contribution in [2.24, 2.45) is 5.92 Å². The van der Waals surface area contributed by atoms with E-state index in [0.29, 0.717) is 26.2 Å². The SMILES string of the molecule is CC1CCN(CC(=O)N2CCOC(c3ccncc3)C2)CC1. The Bertz CT molecular complexity index is 486. The lowest BCUT2D eigenvalue weighted by Gasteiger charge is -2.36. The van der Waals surface area contributed by atoms with Gasteiger partial charge in [-0.05, 0) is 49.5 Å². The van der Waals surface area contributed by atoms with Crippen molar-refractivity contribution in [3.8, 4) is 0 Å². The number of aromatic nitrogens is 1. The lowest BCUT2D eigenvalue weighted by molar-refractivity contribution is -0.140. The number of hydrogen-bond donors (Lipinski definition) is 0. The first-order chi connectivity index (χ1) is 10.7. The summed E-state index contributed by atoms with van der Waals surface area (Å²) >= 11 is 0. The van der Waals surface area contributed by atoms with Gasteiger partial charge < -0.3 is 9.64 Å². The van der Waals surface area contributed by atoms with Crippen molar-refractivity contribution in [3.63, 3.8) is 0 Å². The lowest BCUT2D eigenvalue weighted by Crippen LogP contribution is -2.47. The molecule has 1 atom stereocenters. The molecule has 2 aliphatic rings. The molecule has 22 heavy (non-hydrogen) atoms. The Balaban J connectivity index is 1.54. The monoisotopic (exact) mass is 303 g/mol. The van der Waals surface area contributed by atoms with Gasteiger partial charge in [0.2, 0.25) is 5.91 Å². The van der Waals surface area contributed by atoms with Gasteiger partial charge >= 0.3 is 0 Å². The van der Waals surface area contributed by atoms with Gasteiger partial charge in [-0.3, -0.25) is 14.7 Å². The number of morpholine rings is 1. The van der Waals surface area contributed by atoms with Gasteiger partial charge in [-0.25, -0.2) is 0 Å². The number of pyridine rings is 1. The number of amides is 1. The number of nitrogens with zero attached hydrogens (tertiary/aromatic N) is 3. The zero-order chi connectivity index (χ0) is 15.4. The molecule has 1 aromatic heterocycles. The predicted molar refractivity (Wildman–Crippen MR) is 84.3 cm³/mol. The third-order valence-electron chi connectivity index (χ3n) is 4.73. The number of rotatable bonds is 3. The summed E-state index contributed by atoms with van der Waals surface area (Å²) in [5, 5.41) is 0. The number of ether oxygens (including phenoxy) is 1. The topological polar surface area (TPSA) is 45.7 Å². The van der Waals surface area contributed by atoms with E-state index in [-0.39, 0.29) is 12.0 Å². The molecule has 0 saturated carbocycles. The summed E-state index contributed by atoms with van der Waals surface area (Å²) in [7, 11) is 0. The van der Waals surface area contributed by atoms with Crippen molar-refractivity contribution in [1.82, 2.24) is 14.8 Å². The van der Waals surface area contributed by atoms with Crippen LogP contribution in [0.4, 0.5) is 0 Å². The van der Waals surface area contributed by atoms with E-state index in [1.165, 1.54) is 12.8 Å². The first-order valence-corrected chi connectivity index (χ1v) is 8.24. The summed E-state index contributed by atoms with van der Waals surface area (Å²) in [5.41, 5.74) is 1.10. The number of piperidine rings is 1. The van der Waals surface area contributed by atoms with Gasteiger partial charge in [-0.15, -0.1) is 0 Å². The Hall–Kier alpha value is -1.46. The Morgan fingerprint density at radius 1 is 1.27 bits per heavy atom. The van der Waals surface area contributed by atoms with Gasteiger partial charge in [0.1, 0.15) is 6.10 Å². The summed E-state index contributed by atoms with van der Waals surface area (Å²) in [5.74, 6) is 1.03.